The van der Waals surface area contributed by atoms with Crippen LogP contribution in [-0.4, -0.2) is 9.78 Å². The Hall–Kier alpha value is -1.48. The number of nitrogens with zero attached hydrogens (tertiary/aromatic N) is 2. The minimum atomic E-state index is 0.390. The van der Waals surface area contributed by atoms with Crippen LogP contribution >= 0.6 is 11.6 Å². The first-order chi connectivity index (χ1) is 8.56. The number of halogens is 1. The molecule has 2 aromatic rings. The Kier molecular flexibility index (Phi) is 3.92. The monoisotopic (exact) mass is 263 g/mol. The summed E-state index contributed by atoms with van der Waals surface area (Å²) in [6, 6.07) is 8.41. The van der Waals surface area contributed by atoms with E-state index in [-0.39, 0.29) is 0 Å². The molecule has 0 aliphatic rings. The van der Waals surface area contributed by atoms with Crippen molar-refractivity contribution in [2.75, 3.05) is 5.32 Å². The number of rotatable bonds is 4. The van der Waals surface area contributed by atoms with Crippen molar-refractivity contribution in [2.45, 2.75) is 33.4 Å². The van der Waals surface area contributed by atoms with Gasteiger partial charge in [0.05, 0.1) is 22.9 Å². The van der Waals surface area contributed by atoms with Crippen molar-refractivity contribution in [2.24, 2.45) is 0 Å². The zero-order chi connectivity index (χ0) is 13.1. The van der Waals surface area contributed by atoms with E-state index in [9.17, 15) is 0 Å². The van der Waals surface area contributed by atoms with Crippen molar-refractivity contribution in [1.29, 1.82) is 0 Å². The Morgan fingerprint density at radius 2 is 2.11 bits per heavy atom. The summed E-state index contributed by atoms with van der Waals surface area (Å²) >= 11 is 6.16. The number of benzene rings is 1. The smallest absolute Gasteiger partial charge is 0.0815 e. The van der Waals surface area contributed by atoms with Gasteiger partial charge < -0.3 is 5.32 Å². The Morgan fingerprint density at radius 3 is 2.72 bits per heavy atom. The molecule has 1 heterocycles. The van der Waals surface area contributed by atoms with Crippen LogP contribution in [0.15, 0.2) is 30.5 Å². The summed E-state index contributed by atoms with van der Waals surface area (Å²) in [6.45, 7) is 6.94. The maximum absolute atomic E-state index is 6.16. The highest BCUT2D eigenvalue weighted by molar-refractivity contribution is 6.33. The fourth-order valence-corrected chi connectivity index (χ4v) is 2.01. The van der Waals surface area contributed by atoms with E-state index in [4.69, 9.17) is 11.6 Å². The van der Waals surface area contributed by atoms with Gasteiger partial charge in [-0.1, -0.05) is 17.7 Å². The van der Waals surface area contributed by atoms with Crippen LogP contribution in [0.3, 0.4) is 0 Å². The van der Waals surface area contributed by atoms with E-state index in [0.717, 1.165) is 22.0 Å². The van der Waals surface area contributed by atoms with Gasteiger partial charge >= 0.3 is 0 Å². The van der Waals surface area contributed by atoms with Gasteiger partial charge in [0.25, 0.3) is 0 Å². The maximum atomic E-state index is 6.16. The first-order valence-electron chi connectivity index (χ1n) is 6.10. The van der Waals surface area contributed by atoms with E-state index < -0.39 is 0 Å². The van der Waals surface area contributed by atoms with Gasteiger partial charge in [-0.05, 0) is 44.5 Å². The number of aromatic nitrogens is 2. The largest absolute Gasteiger partial charge is 0.378 e. The molecule has 0 saturated heterocycles. The number of nitrogens with one attached hydrogen (secondary N) is 1. The SMILES string of the molecule is Cc1ccc(NCc2ccn(C(C)C)n2)c(Cl)c1. The van der Waals surface area contributed by atoms with Crippen LogP contribution in [0.1, 0.15) is 31.1 Å². The second-order valence-electron chi connectivity index (χ2n) is 4.72. The van der Waals surface area contributed by atoms with Gasteiger partial charge in [-0.25, -0.2) is 0 Å². The van der Waals surface area contributed by atoms with Crippen molar-refractivity contribution < 1.29 is 0 Å². The predicted octanol–water partition coefficient (Wildman–Crippen LogP) is 4.04. The molecule has 0 unspecified atom stereocenters. The van der Waals surface area contributed by atoms with E-state index in [0.29, 0.717) is 12.6 Å². The van der Waals surface area contributed by atoms with E-state index in [2.05, 4.69) is 24.3 Å². The van der Waals surface area contributed by atoms with Crippen molar-refractivity contribution in [3.8, 4) is 0 Å². The Bertz CT molecular complexity index is 532. The summed E-state index contributed by atoms with van der Waals surface area (Å²) in [5, 5.41) is 8.53. The quantitative estimate of drug-likeness (QED) is 0.902. The topological polar surface area (TPSA) is 29.9 Å². The zero-order valence-corrected chi connectivity index (χ0v) is 11.7. The summed E-state index contributed by atoms with van der Waals surface area (Å²) < 4.78 is 1.95. The number of aryl methyl sites for hydroxylation is 1. The van der Waals surface area contributed by atoms with Crippen LogP contribution in [-0.2, 0) is 6.54 Å². The molecular formula is C14H18ClN3. The van der Waals surface area contributed by atoms with E-state index >= 15 is 0 Å². The normalized spacial score (nSPS) is 10.9. The van der Waals surface area contributed by atoms with Crippen LogP contribution in [0.5, 0.6) is 0 Å². The predicted molar refractivity (Wildman–Crippen MR) is 76.1 cm³/mol. The van der Waals surface area contributed by atoms with Crippen LogP contribution in [0.4, 0.5) is 5.69 Å². The second-order valence-corrected chi connectivity index (χ2v) is 5.12. The highest BCUT2D eigenvalue weighted by atomic mass is 35.5. The second kappa shape index (κ2) is 5.44. The molecule has 0 saturated carbocycles. The van der Waals surface area contributed by atoms with Crippen molar-refractivity contribution in [1.82, 2.24) is 9.78 Å². The van der Waals surface area contributed by atoms with E-state index in [1.54, 1.807) is 0 Å². The molecule has 0 fully saturated rings. The average Bonchev–Trinajstić information content (AvgIpc) is 2.76. The molecule has 0 amide bonds. The Labute approximate surface area is 113 Å². The number of anilines is 1. The van der Waals surface area contributed by atoms with E-state index in [1.165, 1.54) is 0 Å². The molecule has 2 rings (SSSR count). The Morgan fingerprint density at radius 1 is 1.33 bits per heavy atom. The zero-order valence-electron chi connectivity index (χ0n) is 10.9. The molecule has 96 valence electrons. The summed E-state index contributed by atoms with van der Waals surface area (Å²) in [5.74, 6) is 0. The first-order valence-corrected chi connectivity index (χ1v) is 6.48. The van der Waals surface area contributed by atoms with Crippen molar-refractivity contribution in [3.05, 3.63) is 46.7 Å². The number of hydrogen-bond acceptors (Lipinski definition) is 2. The fourth-order valence-electron chi connectivity index (χ4n) is 1.71. The van der Waals surface area contributed by atoms with Crippen LogP contribution in [0.2, 0.25) is 5.02 Å². The third-order valence-electron chi connectivity index (χ3n) is 2.78. The molecule has 0 spiro atoms. The lowest BCUT2D eigenvalue weighted by Crippen LogP contribution is -2.05. The maximum Gasteiger partial charge on any atom is 0.0815 e. The molecule has 0 bridgehead atoms. The fraction of sp³-hybridized carbons (Fsp3) is 0.357. The Balaban J connectivity index is 2.02. The lowest BCUT2D eigenvalue weighted by Gasteiger charge is -2.08. The van der Waals surface area contributed by atoms with Crippen LogP contribution in [0.25, 0.3) is 0 Å². The molecule has 0 aliphatic carbocycles. The summed E-state index contributed by atoms with van der Waals surface area (Å²) in [5.41, 5.74) is 3.12. The lowest BCUT2D eigenvalue weighted by atomic mass is 10.2. The van der Waals surface area contributed by atoms with E-state index in [1.807, 2.05) is 42.1 Å². The third-order valence-corrected chi connectivity index (χ3v) is 3.09. The third kappa shape index (κ3) is 3.05. The molecular weight excluding hydrogens is 246 g/mol. The highest BCUT2D eigenvalue weighted by Crippen LogP contribution is 2.23. The molecule has 4 heteroatoms. The molecule has 0 atom stereocenters. The number of hydrogen-bond donors (Lipinski definition) is 1. The van der Waals surface area contributed by atoms with Gasteiger partial charge in [0.15, 0.2) is 0 Å². The molecule has 1 aromatic heterocycles. The molecule has 3 nitrogen and oxygen atoms in total. The summed E-state index contributed by atoms with van der Waals surface area (Å²) in [6.07, 6.45) is 2.00. The van der Waals surface area contributed by atoms with Gasteiger partial charge in [-0.2, -0.15) is 5.10 Å². The van der Waals surface area contributed by atoms with Gasteiger partial charge in [0.2, 0.25) is 0 Å². The summed E-state index contributed by atoms with van der Waals surface area (Å²) in [4.78, 5) is 0. The molecule has 18 heavy (non-hydrogen) atoms. The lowest BCUT2D eigenvalue weighted by molar-refractivity contribution is 0.527. The molecule has 1 N–H and O–H groups in total. The molecule has 0 radical (unpaired) electrons. The average molecular weight is 264 g/mol. The van der Waals surface area contributed by atoms with Crippen LogP contribution < -0.4 is 5.32 Å². The molecule has 0 aliphatic heterocycles. The first kappa shape index (κ1) is 13.0. The van der Waals surface area contributed by atoms with Crippen LogP contribution in [0, 0.1) is 6.92 Å². The standard InChI is InChI=1S/C14H18ClN3/c1-10(2)18-7-6-12(17-18)9-16-14-5-4-11(3)8-13(14)15/h4-8,10,16H,9H2,1-3H3. The minimum absolute atomic E-state index is 0.390. The highest BCUT2D eigenvalue weighted by Gasteiger charge is 2.03. The van der Waals surface area contributed by atoms with Gasteiger partial charge in [0, 0.05) is 12.2 Å². The van der Waals surface area contributed by atoms with Gasteiger partial charge in [-0.15, -0.1) is 0 Å². The summed E-state index contributed by atoms with van der Waals surface area (Å²) in [7, 11) is 0. The minimum Gasteiger partial charge on any atom is -0.378 e. The van der Waals surface area contributed by atoms with Gasteiger partial charge in [0.1, 0.15) is 0 Å². The molecule has 1 aromatic carbocycles. The van der Waals surface area contributed by atoms with Crippen molar-refractivity contribution >= 4 is 17.3 Å². The van der Waals surface area contributed by atoms with Gasteiger partial charge in [-0.3, -0.25) is 4.68 Å². The van der Waals surface area contributed by atoms with Crippen molar-refractivity contribution in [3.63, 3.8) is 0 Å².